The molecule has 0 saturated carbocycles. The van der Waals surface area contributed by atoms with Gasteiger partial charge < -0.3 is 14.8 Å². The van der Waals surface area contributed by atoms with E-state index in [0.717, 1.165) is 10.1 Å². The van der Waals surface area contributed by atoms with E-state index in [1.165, 1.54) is 18.4 Å². The van der Waals surface area contributed by atoms with Crippen molar-refractivity contribution >= 4 is 50.6 Å². The van der Waals surface area contributed by atoms with Crippen molar-refractivity contribution in [3.8, 4) is 5.75 Å². The number of hydrogen-bond acceptors (Lipinski definition) is 5. The van der Waals surface area contributed by atoms with Crippen molar-refractivity contribution < 1.29 is 19.1 Å². The lowest BCUT2D eigenvalue weighted by molar-refractivity contribution is -0.142. The molecule has 0 spiro atoms. The number of rotatable bonds is 5. The molecule has 0 aliphatic carbocycles. The highest BCUT2D eigenvalue weighted by molar-refractivity contribution is 7.21. The molecule has 0 aliphatic heterocycles. The Morgan fingerprint density at radius 2 is 1.84 bits per heavy atom. The van der Waals surface area contributed by atoms with Crippen molar-refractivity contribution in [2.75, 3.05) is 19.0 Å². The van der Waals surface area contributed by atoms with Crippen molar-refractivity contribution in [3.63, 3.8) is 0 Å². The third kappa shape index (κ3) is 3.92. The highest BCUT2D eigenvalue weighted by Crippen LogP contribution is 2.35. The van der Waals surface area contributed by atoms with Crippen molar-refractivity contribution in [1.29, 1.82) is 0 Å². The number of thiophene rings is 1. The predicted molar refractivity (Wildman–Crippen MR) is 98.7 cm³/mol. The van der Waals surface area contributed by atoms with Crippen LogP contribution in [0.25, 0.3) is 10.1 Å². The van der Waals surface area contributed by atoms with Gasteiger partial charge in [-0.1, -0.05) is 29.8 Å². The molecule has 0 fully saturated rings. The molecule has 1 amide bonds. The lowest BCUT2D eigenvalue weighted by Crippen LogP contribution is -2.13. The zero-order valence-electron chi connectivity index (χ0n) is 13.2. The topological polar surface area (TPSA) is 64.6 Å². The minimum absolute atomic E-state index is 0.167. The number of nitrogens with one attached hydrogen (secondary N) is 1. The Morgan fingerprint density at radius 3 is 2.52 bits per heavy atom. The number of carbonyl (C=O) groups excluding carboxylic acids is 2. The van der Waals surface area contributed by atoms with Crippen LogP contribution in [0.4, 0.5) is 5.69 Å². The van der Waals surface area contributed by atoms with Gasteiger partial charge in [0.05, 0.1) is 12.1 Å². The molecule has 3 rings (SSSR count). The average Bonchev–Trinajstić information content (AvgIpc) is 2.98. The molecule has 0 bridgehead atoms. The van der Waals surface area contributed by atoms with Gasteiger partial charge >= 0.3 is 5.97 Å². The largest absolute Gasteiger partial charge is 0.482 e. The van der Waals surface area contributed by atoms with Gasteiger partial charge in [-0.05, 0) is 30.3 Å². The van der Waals surface area contributed by atoms with E-state index in [1.807, 2.05) is 24.3 Å². The molecule has 1 aromatic heterocycles. The summed E-state index contributed by atoms with van der Waals surface area (Å²) < 4.78 is 10.7. The molecular formula is C18H14ClNO4S. The van der Waals surface area contributed by atoms with Gasteiger partial charge in [-0.2, -0.15) is 0 Å². The van der Waals surface area contributed by atoms with Gasteiger partial charge in [0.15, 0.2) is 6.61 Å². The van der Waals surface area contributed by atoms with E-state index in [4.69, 9.17) is 16.3 Å². The van der Waals surface area contributed by atoms with Crippen LogP contribution in [0.15, 0.2) is 48.5 Å². The van der Waals surface area contributed by atoms with Crippen LogP contribution >= 0.6 is 22.9 Å². The van der Waals surface area contributed by atoms with Gasteiger partial charge in [0.1, 0.15) is 10.6 Å². The maximum Gasteiger partial charge on any atom is 0.343 e. The van der Waals surface area contributed by atoms with Crippen LogP contribution in [0.1, 0.15) is 9.67 Å². The molecule has 0 radical (unpaired) electrons. The first-order valence-electron chi connectivity index (χ1n) is 7.36. The first-order valence-corrected chi connectivity index (χ1v) is 8.56. The summed E-state index contributed by atoms with van der Waals surface area (Å²) in [5.74, 6) is -0.227. The molecular weight excluding hydrogens is 362 g/mol. The third-order valence-electron chi connectivity index (χ3n) is 3.44. The molecule has 0 atom stereocenters. The second-order valence-electron chi connectivity index (χ2n) is 5.08. The Hall–Kier alpha value is -2.57. The Kier molecular flexibility index (Phi) is 5.21. The summed E-state index contributed by atoms with van der Waals surface area (Å²) in [6.07, 6.45) is 0. The van der Waals surface area contributed by atoms with Crippen LogP contribution in [-0.2, 0) is 9.53 Å². The van der Waals surface area contributed by atoms with Crippen LogP contribution < -0.4 is 10.1 Å². The molecule has 25 heavy (non-hydrogen) atoms. The normalized spacial score (nSPS) is 10.5. The number of halogens is 1. The van der Waals surface area contributed by atoms with E-state index in [2.05, 4.69) is 10.1 Å². The number of hydrogen-bond donors (Lipinski definition) is 1. The third-order valence-corrected chi connectivity index (χ3v) is 5.11. The Balaban J connectivity index is 1.70. The number of esters is 1. The molecule has 1 N–H and O–H groups in total. The van der Waals surface area contributed by atoms with E-state index in [1.54, 1.807) is 24.3 Å². The summed E-state index contributed by atoms with van der Waals surface area (Å²) in [4.78, 5) is 24.0. The highest BCUT2D eigenvalue weighted by Gasteiger charge is 2.17. The molecule has 0 unspecified atom stereocenters. The number of anilines is 1. The number of ether oxygens (including phenoxy) is 2. The van der Waals surface area contributed by atoms with Gasteiger partial charge in [0.2, 0.25) is 0 Å². The zero-order chi connectivity index (χ0) is 17.8. The average molecular weight is 376 g/mol. The molecule has 0 saturated heterocycles. The van der Waals surface area contributed by atoms with Crippen LogP contribution in [0.5, 0.6) is 5.75 Å². The van der Waals surface area contributed by atoms with Gasteiger partial charge in [0, 0.05) is 15.8 Å². The summed E-state index contributed by atoms with van der Waals surface area (Å²) in [6.45, 7) is -0.167. The van der Waals surface area contributed by atoms with Crippen molar-refractivity contribution in [2.24, 2.45) is 0 Å². The Morgan fingerprint density at radius 1 is 1.12 bits per heavy atom. The maximum atomic E-state index is 12.5. The SMILES string of the molecule is COC(=O)COc1ccc(NC(=O)c2sc3ccccc3c2Cl)cc1. The van der Waals surface area contributed by atoms with Crippen molar-refractivity contribution in [1.82, 2.24) is 0 Å². The van der Waals surface area contributed by atoms with Gasteiger partial charge in [-0.25, -0.2) is 4.79 Å². The minimum atomic E-state index is -0.461. The second-order valence-corrected chi connectivity index (χ2v) is 6.51. The second kappa shape index (κ2) is 7.55. The fraction of sp³-hybridized carbons (Fsp3) is 0.111. The molecule has 1 heterocycles. The molecule has 128 valence electrons. The molecule has 0 aliphatic rings. The van der Waals surface area contributed by atoms with Crippen LogP contribution in [0.3, 0.4) is 0 Å². The predicted octanol–water partition coefficient (Wildman–Crippen LogP) is 4.36. The number of benzene rings is 2. The van der Waals surface area contributed by atoms with E-state index in [-0.39, 0.29) is 12.5 Å². The van der Waals surface area contributed by atoms with Gasteiger partial charge in [-0.15, -0.1) is 11.3 Å². The van der Waals surface area contributed by atoms with E-state index < -0.39 is 5.97 Å². The summed E-state index contributed by atoms with van der Waals surface area (Å²) in [5, 5.41) is 4.12. The van der Waals surface area contributed by atoms with E-state index >= 15 is 0 Å². The molecule has 7 heteroatoms. The summed E-state index contributed by atoms with van der Waals surface area (Å²) >= 11 is 7.66. The minimum Gasteiger partial charge on any atom is -0.482 e. The number of fused-ring (bicyclic) bond motifs is 1. The monoisotopic (exact) mass is 375 g/mol. The van der Waals surface area contributed by atoms with E-state index in [9.17, 15) is 9.59 Å². The number of carbonyl (C=O) groups is 2. The van der Waals surface area contributed by atoms with Gasteiger partial charge in [0.25, 0.3) is 5.91 Å². The maximum absolute atomic E-state index is 12.5. The first kappa shape index (κ1) is 17.3. The Bertz CT molecular complexity index is 920. The molecule has 3 aromatic rings. The van der Waals surface area contributed by atoms with Crippen molar-refractivity contribution in [3.05, 3.63) is 58.4 Å². The fourth-order valence-corrected chi connectivity index (χ4v) is 3.60. The number of methoxy groups -OCH3 is 1. The quantitative estimate of drug-likeness (QED) is 0.673. The highest BCUT2D eigenvalue weighted by atomic mass is 35.5. The Labute approximate surface area is 153 Å². The van der Waals surface area contributed by atoms with Crippen LogP contribution in [-0.4, -0.2) is 25.6 Å². The fourth-order valence-electron chi connectivity index (χ4n) is 2.18. The summed E-state index contributed by atoms with van der Waals surface area (Å²) in [5.41, 5.74) is 0.601. The molecule has 5 nitrogen and oxygen atoms in total. The lowest BCUT2D eigenvalue weighted by atomic mass is 10.2. The van der Waals surface area contributed by atoms with Crippen LogP contribution in [0, 0.1) is 0 Å². The number of amides is 1. The first-order chi connectivity index (χ1) is 12.1. The van der Waals surface area contributed by atoms with Crippen molar-refractivity contribution in [2.45, 2.75) is 0 Å². The van der Waals surface area contributed by atoms with Gasteiger partial charge in [-0.3, -0.25) is 4.79 Å². The van der Waals surface area contributed by atoms with E-state index in [0.29, 0.717) is 21.3 Å². The lowest BCUT2D eigenvalue weighted by Gasteiger charge is -2.07. The van der Waals surface area contributed by atoms with Crippen LogP contribution in [0.2, 0.25) is 5.02 Å². The zero-order valence-corrected chi connectivity index (χ0v) is 14.8. The smallest absolute Gasteiger partial charge is 0.343 e. The summed E-state index contributed by atoms with van der Waals surface area (Å²) in [7, 11) is 1.30. The molecule has 2 aromatic carbocycles. The summed E-state index contributed by atoms with van der Waals surface area (Å²) in [6, 6.07) is 14.3. The standard InChI is InChI=1S/C18H14ClNO4S/c1-23-15(21)10-24-12-8-6-11(7-9-12)20-18(22)17-16(19)13-4-2-3-5-14(13)25-17/h2-9H,10H2,1H3,(H,20,22).